The number of hydrogen-bond acceptors (Lipinski definition) is 3. The molecule has 4 heteroatoms. The number of rotatable bonds is 6. The average Bonchev–Trinajstić information content (AvgIpc) is 2.67. The number of piperidine rings is 1. The number of benzene rings is 1. The van der Waals surface area contributed by atoms with Crippen molar-refractivity contribution in [3.8, 4) is 0 Å². The van der Waals surface area contributed by atoms with Gasteiger partial charge in [-0.3, -0.25) is 9.78 Å². The van der Waals surface area contributed by atoms with Gasteiger partial charge in [-0.05, 0) is 62.5 Å². The zero-order chi connectivity index (χ0) is 16.6. The van der Waals surface area contributed by atoms with Crippen LogP contribution in [-0.2, 0) is 0 Å². The molecule has 2 aromatic rings. The number of carbonyl (C=O) groups is 1. The van der Waals surface area contributed by atoms with Crippen LogP contribution in [0.4, 0.5) is 0 Å². The maximum absolute atomic E-state index is 11.9. The Morgan fingerprint density at radius 1 is 1.08 bits per heavy atom. The van der Waals surface area contributed by atoms with Crippen molar-refractivity contribution >= 4 is 5.91 Å². The minimum atomic E-state index is -0.0848. The molecule has 1 aromatic heterocycles. The molecular formula is C20H25N3O. The van der Waals surface area contributed by atoms with E-state index in [2.05, 4.69) is 45.5 Å². The van der Waals surface area contributed by atoms with E-state index in [0.717, 1.165) is 26.1 Å². The van der Waals surface area contributed by atoms with Gasteiger partial charge >= 0.3 is 0 Å². The second-order valence-corrected chi connectivity index (χ2v) is 6.35. The van der Waals surface area contributed by atoms with Crippen molar-refractivity contribution in [2.75, 3.05) is 26.2 Å². The Labute approximate surface area is 143 Å². The van der Waals surface area contributed by atoms with E-state index in [1.807, 2.05) is 12.1 Å². The maximum atomic E-state index is 11.9. The third kappa shape index (κ3) is 4.65. The standard InChI is InChI=1S/C20H25N3O/c24-20(19-9-4-5-12-21-19)22-13-6-14-23-15-10-18(11-16-23)17-7-2-1-3-8-17/h1-5,7-9,12,18H,6,10-11,13-16H2,(H,22,24). The lowest BCUT2D eigenvalue weighted by Crippen LogP contribution is -2.35. The monoisotopic (exact) mass is 323 g/mol. The quantitative estimate of drug-likeness (QED) is 0.831. The molecule has 1 aliphatic rings. The fourth-order valence-corrected chi connectivity index (χ4v) is 3.31. The number of amides is 1. The van der Waals surface area contributed by atoms with Crippen LogP contribution >= 0.6 is 0 Å². The maximum Gasteiger partial charge on any atom is 0.269 e. The number of likely N-dealkylation sites (tertiary alicyclic amines) is 1. The Bertz CT molecular complexity index is 622. The second kappa shape index (κ2) is 8.60. The Kier molecular flexibility index (Phi) is 5.96. The average molecular weight is 323 g/mol. The number of hydrogen-bond donors (Lipinski definition) is 1. The van der Waals surface area contributed by atoms with Crippen LogP contribution in [0.15, 0.2) is 54.7 Å². The van der Waals surface area contributed by atoms with E-state index >= 15 is 0 Å². The van der Waals surface area contributed by atoms with E-state index < -0.39 is 0 Å². The highest BCUT2D eigenvalue weighted by Gasteiger charge is 2.19. The van der Waals surface area contributed by atoms with Gasteiger partial charge in [-0.2, -0.15) is 0 Å². The number of nitrogens with zero attached hydrogens (tertiary/aromatic N) is 2. The summed E-state index contributed by atoms with van der Waals surface area (Å²) in [6.07, 6.45) is 5.08. The third-order valence-electron chi connectivity index (χ3n) is 4.69. The van der Waals surface area contributed by atoms with Gasteiger partial charge in [-0.1, -0.05) is 36.4 Å². The van der Waals surface area contributed by atoms with Crippen LogP contribution < -0.4 is 5.32 Å². The highest BCUT2D eigenvalue weighted by Crippen LogP contribution is 2.27. The van der Waals surface area contributed by atoms with Crippen LogP contribution in [0, 0.1) is 0 Å². The zero-order valence-electron chi connectivity index (χ0n) is 14.0. The van der Waals surface area contributed by atoms with Crippen molar-refractivity contribution in [3.63, 3.8) is 0 Å². The van der Waals surface area contributed by atoms with Crippen molar-refractivity contribution in [1.82, 2.24) is 15.2 Å². The molecule has 2 heterocycles. The molecule has 1 amide bonds. The predicted octanol–water partition coefficient (Wildman–Crippen LogP) is 3.08. The fourth-order valence-electron chi connectivity index (χ4n) is 3.31. The lowest BCUT2D eigenvalue weighted by atomic mass is 9.89. The van der Waals surface area contributed by atoms with Crippen molar-refractivity contribution in [2.45, 2.75) is 25.2 Å². The summed E-state index contributed by atoms with van der Waals surface area (Å²) in [5.74, 6) is 0.615. The Hall–Kier alpha value is -2.20. The van der Waals surface area contributed by atoms with Gasteiger partial charge in [0.05, 0.1) is 0 Å². The van der Waals surface area contributed by atoms with Crippen LogP contribution in [-0.4, -0.2) is 42.0 Å². The minimum absolute atomic E-state index is 0.0848. The number of carbonyl (C=O) groups excluding carboxylic acids is 1. The largest absolute Gasteiger partial charge is 0.351 e. The number of pyridine rings is 1. The molecule has 1 N–H and O–H groups in total. The number of nitrogens with one attached hydrogen (secondary N) is 1. The van der Waals surface area contributed by atoms with Gasteiger partial charge in [0.25, 0.3) is 5.91 Å². The summed E-state index contributed by atoms with van der Waals surface area (Å²) < 4.78 is 0. The van der Waals surface area contributed by atoms with Gasteiger partial charge in [-0.25, -0.2) is 0 Å². The van der Waals surface area contributed by atoms with Gasteiger partial charge in [0.1, 0.15) is 5.69 Å². The van der Waals surface area contributed by atoms with Crippen molar-refractivity contribution in [1.29, 1.82) is 0 Å². The van der Waals surface area contributed by atoms with Crippen molar-refractivity contribution in [2.24, 2.45) is 0 Å². The molecule has 0 atom stereocenters. The molecule has 24 heavy (non-hydrogen) atoms. The van der Waals surface area contributed by atoms with Gasteiger partial charge < -0.3 is 10.2 Å². The summed E-state index contributed by atoms with van der Waals surface area (Å²) in [6.45, 7) is 4.04. The SMILES string of the molecule is O=C(NCCCN1CCC(c2ccccc2)CC1)c1ccccn1. The van der Waals surface area contributed by atoms with Gasteiger partial charge in [0, 0.05) is 12.7 Å². The summed E-state index contributed by atoms with van der Waals surface area (Å²) in [7, 11) is 0. The van der Waals surface area contributed by atoms with Crippen molar-refractivity contribution < 1.29 is 4.79 Å². The van der Waals surface area contributed by atoms with Crippen LogP contribution in [0.5, 0.6) is 0 Å². The molecule has 1 fully saturated rings. The summed E-state index contributed by atoms with van der Waals surface area (Å²) in [5.41, 5.74) is 1.96. The first-order valence-corrected chi connectivity index (χ1v) is 8.79. The molecule has 0 radical (unpaired) electrons. The molecular weight excluding hydrogens is 298 g/mol. The first kappa shape index (κ1) is 16.7. The first-order valence-electron chi connectivity index (χ1n) is 8.79. The molecule has 0 spiro atoms. The Balaban J connectivity index is 1.33. The molecule has 3 rings (SSSR count). The minimum Gasteiger partial charge on any atom is -0.351 e. The predicted molar refractivity (Wildman–Crippen MR) is 96.0 cm³/mol. The van der Waals surface area contributed by atoms with E-state index in [4.69, 9.17) is 0 Å². The molecule has 126 valence electrons. The highest BCUT2D eigenvalue weighted by molar-refractivity contribution is 5.92. The molecule has 0 saturated carbocycles. The van der Waals surface area contributed by atoms with Gasteiger partial charge in [-0.15, -0.1) is 0 Å². The van der Waals surface area contributed by atoms with E-state index in [-0.39, 0.29) is 5.91 Å². The lowest BCUT2D eigenvalue weighted by molar-refractivity contribution is 0.0946. The summed E-state index contributed by atoms with van der Waals surface area (Å²) in [5, 5.41) is 2.95. The van der Waals surface area contributed by atoms with Gasteiger partial charge in [0.15, 0.2) is 0 Å². The Morgan fingerprint density at radius 2 is 1.83 bits per heavy atom. The molecule has 1 aromatic carbocycles. The molecule has 1 saturated heterocycles. The fraction of sp³-hybridized carbons (Fsp3) is 0.400. The summed E-state index contributed by atoms with van der Waals surface area (Å²) >= 11 is 0. The smallest absolute Gasteiger partial charge is 0.269 e. The molecule has 0 bridgehead atoms. The van der Waals surface area contributed by atoms with Crippen LogP contribution in [0.25, 0.3) is 0 Å². The van der Waals surface area contributed by atoms with E-state index in [9.17, 15) is 4.79 Å². The number of aromatic nitrogens is 1. The first-order chi connectivity index (χ1) is 11.8. The normalized spacial score (nSPS) is 16.0. The van der Waals surface area contributed by atoms with Crippen LogP contribution in [0.3, 0.4) is 0 Å². The van der Waals surface area contributed by atoms with E-state index in [0.29, 0.717) is 18.2 Å². The molecule has 0 unspecified atom stereocenters. The van der Waals surface area contributed by atoms with E-state index in [1.165, 1.54) is 18.4 Å². The van der Waals surface area contributed by atoms with Crippen LogP contribution in [0.2, 0.25) is 0 Å². The third-order valence-corrected chi connectivity index (χ3v) is 4.69. The Morgan fingerprint density at radius 3 is 2.54 bits per heavy atom. The van der Waals surface area contributed by atoms with Crippen LogP contribution in [0.1, 0.15) is 41.2 Å². The molecule has 1 aliphatic heterocycles. The zero-order valence-corrected chi connectivity index (χ0v) is 14.0. The molecule has 4 nitrogen and oxygen atoms in total. The summed E-state index contributed by atoms with van der Waals surface area (Å²) in [6, 6.07) is 16.2. The van der Waals surface area contributed by atoms with Gasteiger partial charge in [0.2, 0.25) is 0 Å². The summed E-state index contributed by atoms with van der Waals surface area (Å²) in [4.78, 5) is 18.5. The lowest BCUT2D eigenvalue weighted by Gasteiger charge is -2.32. The van der Waals surface area contributed by atoms with Crippen molar-refractivity contribution in [3.05, 3.63) is 66.0 Å². The highest BCUT2D eigenvalue weighted by atomic mass is 16.1. The molecule has 0 aliphatic carbocycles. The van der Waals surface area contributed by atoms with E-state index in [1.54, 1.807) is 12.3 Å². The second-order valence-electron chi connectivity index (χ2n) is 6.35. The topological polar surface area (TPSA) is 45.2 Å².